The molecule has 0 aliphatic rings. The number of hydrogen-bond donors (Lipinski definition) is 0. The van der Waals surface area contributed by atoms with Gasteiger partial charge < -0.3 is 4.89 Å². The lowest BCUT2D eigenvalue weighted by Crippen LogP contribution is -2.55. The Kier molecular flexibility index (Phi) is 20.9. The molecule has 0 saturated heterocycles. The first-order chi connectivity index (χ1) is 15.8. The molecule has 0 aliphatic heterocycles. The monoisotopic (exact) mass is 484 g/mol. The van der Waals surface area contributed by atoms with E-state index in [0.29, 0.717) is 10.9 Å². The number of allylic oxidation sites excluding steroid dienone is 2. The van der Waals surface area contributed by atoms with Crippen molar-refractivity contribution in [2.24, 2.45) is 0 Å². The largest absolute Gasteiger partial charge is 0.590 e. The van der Waals surface area contributed by atoms with E-state index < -0.39 is 13.3 Å². The Morgan fingerprint density at radius 3 is 1.33 bits per heavy atom. The zero-order chi connectivity index (χ0) is 24.8. The van der Waals surface area contributed by atoms with E-state index in [0.717, 1.165) is 12.8 Å². The van der Waals surface area contributed by atoms with Crippen molar-refractivity contribution in [1.29, 1.82) is 0 Å². The van der Waals surface area contributed by atoms with E-state index >= 15 is 0 Å². The fraction of sp³-hybridized carbons (Fsp3) is 0.931. The third-order valence-corrected chi connectivity index (χ3v) is 9.31. The van der Waals surface area contributed by atoms with Crippen LogP contribution < -0.4 is 4.89 Å². The minimum absolute atomic E-state index is 0.513. The third kappa shape index (κ3) is 16.1. The second-order valence-corrected chi connectivity index (χ2v) is 12.4. The maximum absolute atomic E-state index is 12.0. The van der Waals surface area contributed by atoms with E-state index in [-0.39, 0.29) is 0 Å². The molecule has 0 aromatic rings. The molecule has 3 nitrogen and oxygen atoms in total. The molecule has 0 N–H and O–H groups in total. The van der Waals surface area contributed by atoms with Crippen LogP contribution in [0.15, 0.2) is 12.2 Å². The highest BCUT2D eigenvalue weighted by Crippen LogP contribution is 2.44. The average Bonchev–Trinajstić information content (AvgIpc) is 2.76. The van der Waals surface area contributed by atoms with Gasteiger partial charge in [0.2, 0.25) is 0 Å². The van der Waals surface area contributed by atoms with E-state index in [4.69, 9.17) is 0 Å². The summed E-state index contributed by atoms with van der Waals surface area (Å²) in [5.41, 5.74) is 0. The van der Waals surface area contributed by atoms with Crippen LogP contribution in [0.25, 0.3) is 0 Å². The predicted molar refractivity (Wildman–Crippen MR) is 146 cm³/mol. The molecule has 0 bridgehead atoms. The van der Waals surface area contributed by atoms with Crippen molar-refractivity contribution in [3.63, 3.8) is 0 Å². The lowest BCUT2D eigenvalue weighted by Gasteiger charge is -2.39. The quantitative estimate of drug-likeness (QED) is 0.0592. The number of rotatable bonds is 24. The van der Waals surface area contributed by atoms with Crippen LogP contribution in [0.1, 0.15) is 149 Å². The van der Waals surface area contributed by atoms with Crippen LogP contribution in [0.4, 0.5) is 0 Å². The first-order valence-electron chi connectivity index (χ1n) is 14.4. The zero-order valence-corrected chi connectivity index (χ0v) is 24.1. The lowest BCUT2D eigenvalue weighted by molar-refractivity contribution is -0.910. The fourth-order valence-electron chi connectivity index (χ4n) is 4.98. The van der Waals surface area contributed by atoms with Crippen LogP contribution in [0, 0.1) is 0 Å². The smallest absolute Gasteiger partial charge is 0.376 e. The Bertz CT molecular complexity index is 487. The van der Waals surface area contributed by atoms with Crippen LogP contribution in [0.3, 0.4) is 0 Å². The Morgan fingerprint density at radius 2 is 1.00 bits per heavy atom. The molecule has 33 heavy (non-hydrogen) atoms. The number of nitrogens with zero attached hydrogens (tertiary/aromatic N) is 1. The molecule has 0 aromatic carbocycles. The minimum Gasteiger partial charge on any atom is -0.590 e. The van der Waals surface area contributed by atoms with Crippen LogP contribution >= 0.6 is 8.03 Å². The van der Waals surface area contributed by atoms with Crippen molar-refractivity contribution in [1.82, 2.24) is 0 Å². The third-order valence-electron chi connectivity index (χ3n) is 7.49. The van der Waals surface area contributed by atoms with Crippen molar-refractivity contribution in [2.75, 3.05) is 21.1 Å². The molecule has 196 valence electrons. The summed E-state index contributed by atoms with van der Waals surface area (Å²) in [4.78, 5) is 12.0. The molecule has 2 unspecified atom stereocenters. The molecule has 2 atom stereocenters. The van der Waals surface area contributed by atoms with Crippen molar-refractivity contribution >= 4 is 8.03 Å². The van der Waals surface area contributed by atoms with Crippen molar-refractivity contribution in [3.8, 4) is 0 Å². The second kappa shape index (κ2) is 21.1. The van der Waals surface area contributed by atoms with E-state index in [1.165, 1.54) is 116 Å². The summed E-state index contributed by atoms with van der Waals surface area (Å²) in [6, 6.07) is 0. The van der Waals surface area contributed by atoms with Gasteiger partial charge in [0.25, 0.3) is 5.28 Å². The molecule has 4 heteroatoms. The highest BCUT2D eigenvalue weighted by Gasteiger charge is 2.52. The summed E-state index contributed by atoms with van der Waals surface area (Å²) in [5.74, 6) is 0. The highest BCUT2D eigenvalue weighted by molar-refractivity contribution is 7.38. The van der Waals surface area contributed by atoms with Gasteiger partial charge in [0.1, 0.15) is 0 Å². The molecule has 0 heterocycles. The topological polar surface area (TPSA) is 40.1 Å². The molecule has 0 fully saturated rings. The van der Waals surface area contributed by atoms with Crippen molar-refractivity contribution in [2.45, 2.75) is 154 Å². The zero-order valence-electron chi connectivity index (χ0n) is 23.2. The van der Waals surface area contributed by atoms with E-state index in [1.54, 1.807) is 0 Å². The molecule has 0 spiro atoms. The van der Waals surface area contributed by atoms with Gasteiger partial charge in [-0.3, -0.25) is 4.48 Å². The molecular weight excluding hydrogens is 425 g/mol. The Hall–Kier alpha value is -0.240. The molecular formula is C29H59NO2P+. The Labute approximate surface area is 209 Å². The standard InChI is InChI=1S/C29H59NO2P/c1-6-8-9-10-11-12-13-14-15-16-17-18-19-20-21-22-23-24-25-26-27-28-29(7-2,33(31)32)30(3,4)5/h10-11H,6-9,12-28H2,1-5H3/q+1/b11-10-. The number of hydrogen-bond acceptors (Lipinski definition) is 2. The van der Waals surface area contributed by atoms with Crippen LogP contribution in [-0.2, 0) is 4.57 Å². The number of unbranched alkanes of at least 4 members (excludes halogenated alkanes) is 17. The van der Waals surface area contributed by atoms with Gasteiger partial charge in [-0.1, -0.05) is 127 Å². The van der Waals surface area contributed by atoms with Crippen molar-refractivity contribution in [3.05, 3.63) is 12.2 Å². The molecule has 0 aliphatic carbocycles. The predicted octanol–water partition coefficient (Wildman–Crippen LogP) is 9.28. The first-order valence-corrected chi connectivity index (χ1v) is 15.6. The van der Waals surface area contributed by atoms with Crippen LogP contribution in [0.5, 0.6) is 0 Å². The van der Waals surface area contributed by atoms with Gasteiger partial charge in [0, 0.05) is 12.8 Å². The summed E-state index contributed by atoms with van der Waals surface area (Å²) in [7, 11) is 3.64. The second-order valence-electron chi connectivity index (χ2n) is 11.1. The summed E-state index contributed by atoms with van der Waals surface area (Å²) in [6.45, 7) is 4.27. The van der Waals surface area contributed by atoms with Gasteiger partial charge in [-0.2, -0.15) is 0 Å². The maximum Gasteiger partial charge on any atom is 0.376 e. The van der Waals surface area contributed by atoms with E-state index in [1.807, 2.05) is 28.1 Å². The summed E-state index contributed by atoms with van der Waals surface area (Å²) >= 11 is 0. The Balaban J connectivity index is 3.45. The molecule has 0 saturated carbocycles. The fourth-order valence-corrected chi connectivity index (χ4v) is 6.07. The van der Waals surface area contributed by atoms with Gasteiger partial charge in [0.05, 0.1) is 21.1 Å². The van der Waals surface area contributed by atoms with E-state index in [9.17, 15) is 9.46 Å². The summed E-state index contributed by atoms with van der Waals surface area (Å²) in [6.07, 6.45) is 31.6. The van der Waals surface area contributed by atoms with Gasteiger partial charge in [-0.15, -0.1) is 0 Å². The van der Waals surface area contributed by atoms with Gasteiger partial charge in [-0.05, 0) is 25.7 Å². The van der Waals surface area contributed by atoms with Crippen LogP contribution in [-0.4, -0.2) is 30.9 Å². The average molecular weight is 485 g/mol. The van der Waals surface area contributed by atoms with Crippen LogP contribution in [0.2, 0.25) is 0 Å². The molecule has 0 rings (SSSR count). The number of quaternary nitrogens is 1. The highest BCUT2D eigenvalue weighted by atomic mass is 31.1. The normalized spacial score (nSPS) is 14.7. The summed E-state index contributed by atoms with van der Waals surface area (Å²) < 4.78 is 12.5. The first kappa shape index (κ1) is 32.8. The molecule has 0 radical (unpaired) electrons. The molecule has 0 aromatic heterocycles. The van der Waals surface area contributed by atoms with Gasteiger partial charge >= 0.3 is 8.03 Å². The maximum atomic E-state index is 12.0. The summed E-state index contributed by atoms with van der Waals surface area (Å²) in [5, 5.41) is -0.597. The minimum atomic E-state index is -2.41. The Morgan fingerprint density at radius 1 is 0.636 bits per heavy atom. The van der Waals surface area contributed by atoms with Gasteiger partial charge in [0.15, 0.2) is 0 Å². The van der Waals surface area contributed by atoms with Crippen molar-refractivity contribution < 1.29 is 13.9 Å². The lowest BCUT2D eigenvalue weighted by atomic mass is 10.0. The molecule has 0 amide bonds. The SMILES string of the molecule is CCCC/C=C\CCCCCCCCCCCCCCCCCC(CC)([P+](=O)[O-])[N+](C)(C)C. The van der Waals surface area contributed by atoms with E-state index in [2.05, 4.69) is 19.1 Å². The van der Waals surface area contributed by atoms with Gasteiger partial charge in [-0.25, -0.2) is 0 Å².